The molecule has 0 atom stereocenters. The Kier molecular flexibility index (Phi) is 5.26. The van der Waals surface area contributed by atoms with Crippen LogP contribution < -0.4 is 4.90 Å². The molecule has 0 bridgehead atoms. The predicted octanol–water partition coefficient (Wildman–Crippen LogP) is 2.86. The molecule has 1 aliphatic rings. The standard InChI is InChI=1S/C16H13N3O6S2/c1-10-5-12(16(17-3)18-4)6-11(2)19(10)13-7-14(26(20,21)22)9-15(8-13)27(23,24)25/h5-9H,1-2H3,(H,20,21,22)(H,23,24,25). The summed E-state index contributed by atoms with van der Waals surface area (Å²) in [6.45, 7) is 17.3. The van der Waals surface area contributed by atoms with E-state index in [0.717, 1.165) is 12.1 Å². The van der Waals surface area contributed by atoms with Crippen LogP contribution in [0.5, 0.6) is 0 Å². The van der Waals surface area contributed by atoms with Gasteiger partial charge < -0.3 is 4.90 Å². The van der Waals surface area contributed by atoms with Crippen LogP contribution in [0.4, 0.5) is 5.69 Å². The summed E-state index contributed by atoms with van der Waals surface area (Å²) in [5.74, 6) is -0.154. The first kappa shape index (κ1) is 20.4. The average Bonchev–Trinajstić information content (AvgIpc) is 2.53. The van der Waals surface area contributed by atoms with Crippen LogP contribution in [0.15, 0.2) is 62.9 Å². The second-order valence-corrected chi connectivity index (χ2v) is 8.37. The zero-order chi connectivity index (χ0) is 20.6. The average molecular weight is 407 g/mol. The van der Waals surface area contributed by atoms with Crippen LogP contribution in [0.1, 0.15) is 13.8 Å². The minimum Gasteiger partial charge on any atom is -0.318 e. The number of allylic oxidation sites excluding steroid dienone is 5. The molecule has 9 nitrogen and oxygen atoms in total. The number of nitrogens with zero attached hydrogens (tertiary/aromatic N) is 3. The molecule has 1 aromatic carbocycles. The van der Waals surface area contributed by atoms with Gasteiger partial charge >= 0.3 is 5.82 Å². The van der Waals surface area contributed by atoms with Crippen molar-refractivity contribution in [2.75, 3.05) is 4.90 Å². The normalized spacial score (nSPS) is 14.7. The van der Waals surface area contributed by atoms with Crippen molar-refractivity contribution in [3.05, 3.63) is 76.0 Å². The second-order valence-electron chi connectivity index (χ2n) is 5.52. The summed E-state index contributed by atoms with van der Waals surface area (Å²) in [5, 5.41) is 0. The highest BCUT2D eigenvalue weighted by molar-refractivity contribution is 7.86. The van der Waals surface area contributed by atoms with E-state index in [1.807, 2.05) is 0 Å². The minimum absolute atomic E-state index is 0.0477. The van der Waals surface area contributed by atoms with Gasteiger partial charge in [-0.1, -0.05) is 0 Å². The molecule has 0 amide bonds. The van der Waals surface area contributed by atoms with E-state index in [-0.39, 0.29) is 11.5 Å². The van der Waals surface area contributed by atoms with Gasteiger partial charge in [0.2, 0.25) is 0 Å². The van der Waals surface area contributed by atoms with Gasteiger partial charge in [0, 0.05) is 17.1 Å². The lowest BCUT2D eigenvalue weighted by Gasteiger charge is -2.29. The molecule has 1 heterocycles. The van der Waals surface area contributed by atoms with Gasteiger partial charge in [0.25, 0.3) is 20.2 Å². The highest BCUT2D eigenvalue weighted by Crippen LogP contribution is 2.34. The van der Waals surface area contributed by atoms with Gasteiger partial charge in [-0.3, -0.25) is 9.11 Å². The van der Waals surface area contributed by atoms with Crippen molar-refractivity contribution in [3.63, 3.8) is 0 Å². The van der Waals surface area contributed by atoms with E-state index in [1.165, 1.54) is 17.1 Å². The number of hydrogen-bond donors (Lipinski definition) is 2. The summed E-state index contributed by atoms with van der Waals surface area (Å²) in [7, 11) is -9.49. The first-order valence-corrected chi connectivity index (χ1v) is 10.0. The van der Waals surface area contributed by atoms with Crippen LogP contribution in [-0.2, 0) is 20.2 Å². The van der Waals surface area contributed by atoms with Crippen molar-refractivity contribution in [2.45, 2.75) is 23.6 Å². The van der Waals surface area contributed by atoms with E-state index >= 15 is 0 Å². The van der Waals surface area contributed by atoms with Gasteiger partial charge in [-0.05, 0) is 44.2 Å². The van der Waals surface area contributed by atoms with Crippen LogP contribution in [0.2, 0.25) is 0 Å². The molecule has 11 heteroatoms. The number of rotatable bonds is 3. The van der Waals surface area contributed by atoms with Gasteiger partial charge in [-0.25, -0.2) is 0 Å². The zero-order valence-corrected chi connectivity index (χ0v) is 15.7. The van der Waals surface area contributed by atoms with Gasteiger partial charge in [0.05, 0.1) is 15.4 Å². The Bertz CT molecular complexity index is 1120. The molecular weight excluding hydrogens is 394 g/mol. The molecule has 0 radical (unpaired) electrons. The molecule has 27 heavy (non-hydrogen) atoms. The molecule has 2 rings (SSSR count). The SMILES string of the molecule is [C-]#[N+]C([N+]#[C-])=C1C=C(C)N(c2cc(S(=O)(=O)O)cc(S(=O)(=O)O)c2)C(C)=C1. The molecule has 0 spiro atoms. The molecule has 0 saturated carbocycles. The van der Waals surface area contributed by atoms with Crippen LogP contribution in [0.3, 0.4) is 0 Å². The summed E-state index contributed by atoms with van der Waals surface area (Å²) in [6, 6.07) is 2.72. The number of hydrogen-bond acceptors (Lipinski definition) is 5. The highest BCUT2D eigenvalue weighted by atomic mass is 32.2. The van der Waals surface area contributed by atoms with E-state index in [9.17, 15) is 25.9 Å². The fraction of sp³-hybridized carbons (Fsp3) is 0.125. The van der Waals surface area contributed by atoms with Crippen molar-refractivity contribution in [2.24, 2.45) is 0 Å². The maximum Gasteiger partial charge on any atom is 0.526 e. The maximum absolute atomic E-state index is 11.5. The van der Waals surface area contributed by atoms with E-state index in [0.29, 0.717) is 23.0 Å². The monoisotopic (exact) mass is 407 g/mol. The van der Waals surface area contributed by atoms with Crippen molar-refractivity contribution >= 4 is 25.9 Å². The molecule has 140 valence electrons. The number of anilines is 1. The Morgan fingerprint density at radius 2 is 1.30 bits per heavy atom. The Balaban J connectivity index is 2.75. The lowest BCUT2D eigenvalue weighted by Crippen LogP contribution is -2.22. The molecule has 0 aliphatic carbocycles. The van der Waals surface area contributed by atoms with Crippen LogP contribution >= 0.6 is 0 Å². The molecule has 1 aliphatic heterocycles. The minimum atomic E-state index is -4.74. The fourth-order valence-electron chi connectivity index (χ4n) is 2.57. The van der Waals surface area contributed by atoms with Crippen molar-refractivity contribution in [3.8, 4) is 0 Å². The highest BCUT2D eigenvalue weighted by Gasteiger charge is 2.24. The van der Waals surface area contributed by atoms with Crippen LogP contribution in [-0.4, -0.2) is 25.9 Å². The maximum atomic E-state index is 11.5. The number of benzene rings is 1. The fourth-order valence-corrected chi connectivity index (χ4v) is 3.74. The Morgan fingerprint density at radius 3 is 1.63 bits per heavy atom. The van der Waals surface area contributed by atoms with Crippen LogP contribution in [0, 0.1) is 13.1 Å². The Morgan fingerprint density at radius 1 is 0.889 bits per heavy atom. The molecule has 1 aromatic rings. The topological polar surface area (TPSA) is 121 Å². The van der Waals surface area contributed by atoms with Gasteiger partial charge in [-0.2, -0.15) is 26.5 Å². The molecule has 0 unspecified atom stereocenters. The summed E-state index contributed by atoms with van der Waals surface area (Å²) in [5.41, 5.74) is 1.32. The molecule has 0 aromatic heterocycles. The van der Waals surface area contributed by atoms with Gasteiger partial charge in [0.15, 0.2) is 0 Å². The third-order valence-corrected chi connectivity index (χ3v) is 5.29. The van der Waals surface area contributed by atoms with E-state index < -0.39 is 30.0 Å². The largest absolute Gasteiger partial charge is 0.526 e. The second kappa shape index (κ2) is 6.98. The summed E-state index contributed by atoms with van der Waals surface area (Å²) < 4.78 is 64.5. The zero-order valence-electron chi connectivity index (χ0n) is 14.1. The molecule has 0 saturated heterocycles. The molecular formula is C16H13N3O6S2. The quantitative estimate of drug-likeness (QED) is 0.584. The van der Waals surface area contributed by atoms with E-state index in [2.05, 4.69) is 9.69 Å². The van der Waals surface area contributed by atoms with Crippen molar-refractivity contribution in [1.82, 2.24) is 0 Å². The first-order valence-electron chi connectivity index (χ1n) is 7.14. The molecule has 0 fully saturated rings. The van der Waals surface area contributed by atoms with E-state index in [1.54, 1.807) is 13.8 Å². The Hall–Kier alpha value is -2.96. The van der Waals surface area contributed by atoms with Gasteiger partial charge in [0.1, 0.15) is 13.1 Å². The summed E-state index contributed by atoms with van der Waals surface area (Å²) in [4.78, 5) is 6.30. The summed E-state index contributed by atoms with van der Waals surface area (Å²) in [6.07, 6.45) is 3.01. The van der Waals surface area contributed by atoms with Crippen LogP contribution in [0.25, 0.3) is 9.69 Å². The van der Waals surface area contributed by atoms with Crippen molar-refractivity contribution in [1.29, 1.82) is 0 Å². The van der Waals surface area contributed by atoms with E-state index in [4.69, 9.17) is 13.1 Å². The summed E-state index contributed by atoms with van der Waals surface area (Å²) >= 11 is 0. The Labute approximate surface area is 156 Å². The lowest BCUT2D eigenvalue weighted by molar-refractivity contribution is 0.481. The predicted molar refractivity (Wildman–Crippen MR) is 96.3 cm³/mol. The first-order chi connectivity index (χ1) is 12.4. The molecule has 2 N–H and O–H groups in total. The van der Waals surface area contributed by atoms with Gasteiger partial charge in [-0.15, -0.1) is 0 Å². The lowest BCUT2D eigenvalue weighted by atomic mass is 10.1. The van der Waals surface area contributed by atoms with Crippen molar-refractivity contribution < 1.29 is 25.9 Å². The smallest absolute Gasteiger partial charge is 0.318 e. The third kappa shape index (κ3) is 4.24. The third-order valence-electron chi connectivity index (χ3n) is 3.62.